The number of aliphatic hydroxyl groups is 1. The lowest BCUT2D eigenvalue weighted by atomic mass is 9.86. The number of hydrogen-bond donors (Lipinski definition) is 1. The molecule has 2 aliphatic heterocycles. The van der Waals surface area contributed by atoms with Crippen LogP contribution in [0, 0.1) is 11.2 Å². The van der Waals surface area contributed by atoms with E-state index in [1.165, 1.54) is 11.6 Å². The zero-order valence-corrected chi connectivity index (χ0v) is 9.66. The van der Waals surface area contributed by atoms with Gasteiger partial charge in [0.15, 0.2) is 0 Å². The van der Waals surface area contributed by atoms with E-state index in [0.29, 0.717) is 13.2 Å². The molecule has 0 unspecified atom stereocenters. The van der Waals surface area contributed by atoms with Gasteiger partial charge in [-0.2, -0.15) is 0 Å². The molecule has 0 spiro atoms. The van der Waals surface area contributed by atoms with Crippen molar-refractivity contribution in [2.24, 2.45) is 5.41 Å². The van der Waals surface area contributed by atoms with Crippen LogP contribution in [0.4, 0.5) is 10.1 Å². The first-order valence-electron chi connectivity index (χ1n) is 5.94. The van der Waals surface area contributed by atoms with Gasteiger partial charge in [0.2, 0.25) is 0 Å². The fourth-order valence-corrected chi connectivity index (χ4v) is 2.61. The molecule has 17 heavy (non-hydrogen) atoms. The largest absolute Gasteiger partial charge is 0.396 e. The second kappa shape index (κ2) is 3.96. The van der Waals surface area contributed by atoms with Gasteiger partial charge in [-0.05, 0) is 24.1 Å². The molecule has 0 bridgehead atoms. The third-order valence-electron chi connectivity index (χ3n) is 3.72. The maximum absolute atomic E-state index is 13.2. The third kappa shape index (κ3) is 1.81. The van der Waals surface area contributed by atoms with Gasteiger partial charge in [0, 0.05) is 18.8 Å². The van der Waals surface area contributed by atoms with E-state index in [1.807, 2.05) is 6.07 Å². The van der Waals surface area contributed by atoms with Crippen molar-refractivity contribution < 1.29 is 14.2 Å². The normalized spacial score (nSPS) is 21.2. The molecule has 1 aromatic carbocycles. The van der Waals surface area contributed by atoms with Crippen LogP contribution >= 0.6 is 0 Å². The minimum Gasteiger partial charge on any atom is -0.396 e. The Labute approximate surface area is 99.8 Å². The van der Waals surface area contributed by atoms with E-state index >= 15 is 0 Å². The summed E-state index contributed by atoms with van der Waals surface area (Å²) in [6.07, 6.45) is 0.956. The van der Waals surface area contributed by atoms with E-state index in [9.17, 15) is 9.50 Å². The molecule has 0 amide bonds. The molecular weight excluding hydrogens is 221 g/mol. The summed E-state index contributed by atoms with van der Waals surface area (Å²) < 4.78 is 18.4. The molecule has 2 heterocycles. The van der Waals surface area contributed by atoms with Crippen LogP contribution in [-0.4, -0.2) is 38.0 Å². The Morgan fingerprint density at radius 1 is 1.41 bits per heavy atom. The van der Waals surface area contributed by atoms with Gasteiger partial charge in [-0.15, -0.1) is 0 Å². The predicted molar refractivity (Wildman–Crippen MR) is 62.7 cm³/mol. The number of fused-ring (bicyclic) bond motifs is 1. The minimum absolute atomic E-state index is 0.133. The quantitative estimate of drug-likeness (QED) is 0.857. The summed E-state index contributed by atoms with van der Waals surface area (Å²) in [5.41, 5.74) is 2.03. The van der Waals surface area contributed by atoms with Gasteiger partial charge in [-0.1, -0.05) is 6.07 Å². The number of rotatable bonds is 3. The first-order valence-corrected chi connectivity index (χ1v) is 5.94. The summed E-state index contributed by atoms with van der Waals surface area (Å²) in [4.78, 5) is 2.16. The standard InChI is InChI=1S/C13H16FNO2/c14-11-2-1-10-3-4-15(12(10)5-11)6-13(7-16)8-17-9-13/h1-2,5,16H,3-4,6-9H2. The smallest absolute Gasteiger partial charge is 0.125 e. The molecule has 1 N–H and O–H groups in total. The van der Waals surface area contributed by atoms with Crippen LogP contribution in [0.15, 0.2) is 18.2 Å². The molecule has 0 aromatic heterocycles. The Morgan fingerprint density at radius 3 is 2.88 bits per heavy atom. The maximum Gasteiger partial charge on any atom is 0.125 e. The van der Waals surface area contributed by atoms with Crippen molar-refractivity contribution in [3.63, 3.8) is 0 Å². The van der Waals surface area contributed by atoms with Crippen molar-refractivity contribution in [2.75, 3.05) is 37.8 Å². The molecule has 3 rings (SSSR count). The number of aliphatic hydroxyl groups excluding tert-OH is 1. The number of anilines is 1. The van der Waals surface area contributed by atoms with Crippen LogP contribution < -0.4 is 4.90 Å². The minimum atomic E-state index is -0.196. The highest BCUT2D eigenvalue weighted by atomic mass is 19.1. The van der Waals surface area contributed by atoms with Gasteiger partial charge in [0.1, 0.15) is 5.82 Å². The number of nitrogens with zero attached hydrogens (tertiary/aromatic N) is 1. The summed E-state index contributed by atoms with van der Waals surface area (Å²) >= 11 is 0. The summed E-state index contributed by atoms with van der Waals surface area (Å²) in [5.74, 6) is -0.196. The predicted octanol–water partition coefficient (Wildman–Crippen LogP) is 1.20. The zero-order chi connectivity index (χ0) is 11.9. The van der Waals surface area contributed by atoms with E-state index < -0.39 is 0 Å². The van der Waals surface area contributed by atoms with Crippen LogP contribution in [-0.2, 0) is 11.2 Å². The van der Waals surface area contributed by atoms with Crippen LogP contribution in [0.2, 0.25) is 0 Å². The third-order valence-corrected chi connectivity index (χ3v) is 3.72. The summed E-state index contributed by atoms with van der Waals surface area (Å²) in [5, 5.41) is 9.42. The molecule has 0 aliphatic carbocycles. The molecule has 3 nitrogen and oxygen atoms in total. The molecule has 0 saturated carbocycles. The van der Waals surface area contributed by atoms with Gasteiger partial charge in [0.25, 0.3) is 0 Å². The van der Waals surface area contributed by atoms with Gasteiger partial charge >= 0.3 is 0 Å². The van der Waals surface area contributed by atoms with Gasteiger partial charge in [0.05, 0.1) is 25.2 Å². The monoisotopic (exact) mass is 237 g/mol. The van der Waals surface area contributed by atoms with Gasteiger partial charge < -0.3 is 14.7 Å². The van der Waals surface area contributed by atoms with E-state index in [2.05, 4.69) is 4.90 Å². The average Bonchev–Trinajstić information content (AvgIpc) is 2.66. The lowest BCUT2D eigenvalue weighted by Gasteiger charge is -2.43. The molecule has 4 heteroatoms. The number of hydrogen-bond acceptors (Lipinski definition) is 3. The Bertz CT molecular complexity index is 426. The number of ether oxygens (including phenoxy) is 1. The molecule has 2 aliphatic rings. The second-order valence-corrected chi connectivity index (χ2v) is 5.10. The lowest BCUT2D eigenvalue weighted by Crippen LogP contribution is -2.53. The SMILES string of the molecule is OCC1(CN2CCc3ccc(F)cc32)COC1. The number of benzene rings is 1. The van der Waals surface area contributed by atoms with Crippen LogP contribution in [0.5, 0.6) is 0 Å². The summed E-state index contributed by atoms with van der Waals surface area (Å²) in [7, 11) is 0. The highest BCUT2D eigenvalue weighted by Crippen LogP contribution is 2.34. The van der Waals surface area contributed by atoms with Crippen molar-refractivity contribution in [2.45, 2.75) is 6.42 Å². The molecule has 0 atom stereocenters. The van der Waals surface area contributed by atoms with E-state index in [-0.39, 0.29) is 17.8 Å². The van der Waals surface area contributed by atoms with E-state index in [1.54, 1.807) is 6.07 Å². The molecule has 1 aromatic rings. The maximum atomic E-state index is 13.2. The van der Waals surface area contributed by atoms with Gasteiger partial charge in [-0.25, -0.2) is 4.39 Å². The van der Waals surface area contributed by atoms with E-state index in [4.69, 9.17) is 4.74 Å². The topological polar surface area (TPSA) is 32.7 Å². The Morgan fingerprint density at radius 2 is 2.24 bits per heavy atom. The van der Waals surface area contributed by atoms with Crippen LogP contribution in [0.25, 0.3) is 0 Å². The molecule has 92 valence electrons. The van der Waals surface area contributed by atoms with Crippen LogP contribution in [0.3, 0.4) is 0 Å². The van der Waals surface area contributed by atoms with Crippen molar-refractivity contribution in [3.05, 3.63) is 29.6 Å². The number of halogens is 1. The van der Waals surface area contributed by atoms with E-state index in [0.717, 1.165) is 25.2 Å². The second-order valence-electron chi connectivity index (χ2n) is 5.10. The molecular formula is C13H16FNO2. The molecule has 0 radical (unpaired) electrons. The van der Waals surface area contributed by atoms with Gasteiger partial charge in [-0.3, -0.25) is 0 Å². The Kier molecular flexibility index (Phi) is 2.56. The first kappa shape index (κ1) is 11.0. The molecule has 1 saturated heterocycles. The Hall–Kier alpha value is -1.13. The van der Waals surface area contributed by atoms with Crippen molar-refractivity contribution in [1.82, 2.24) is 0 Å². The van der Waals surface area contributed by atoms with Crippen molar-refractivity contribution in [1.29, 1.82) is 0 Å². The fraction of sp³-hybridized carbons (Fsp3) is 0.538. The molecule has 1 fully saturated rings. The lowest BCUT2D eigenvalue weighted by molar-refractivity contribution is -0.130. The fourth-order valence-electron chi connectivity index (χ4n) is 2.61. The average molecular weight is 237 g/mol. The van der Waals surface area contributed by atoms with Crippen molar-refractivity contribution in [3.8, 4) is 0 Å². The highest BCUT2D eigenvalue weighted by molar-refractivity contribution is 5.58. The summed E-state index contributed by atoms with van der Waals surface area (Å²) in [6.45, 7) is 2.99. The first-order chi connectivity index (χ1) is 8.22. The highest BCUT2D eigenvalue weighted by Gasteiger charge is 2.40. The zero-order valence-electron chi connectivity index (χ0n) is 9.66. The Balaban J connectivity index is 1.81. The van der Waals surface area contributed by atoms with Crippen molar-refractivity contribution >= 4 is 5.69 Å². The summed E-state index contributed by atoms with van der Waals surface area (Å²) in [6, 6.07) is 4.96. The van der Waals surface area contributed by atoms with Crippen LogP contribution in [0.1, 0.15) is 5.56 Å².